The smallest absolute Gasteiger partial charge is 0.119 e. The van der Waals surface area contributed by atoms with Crippen molar-refractivity contribution < 1.29 is 19.7 Å². The van der Waals surface area contributed by atoms with Crippen molar-refractivity contribution in [2.45, 2.75) is 19.1 Å². The molecule has 2 atom stereocenters. The van der Waals surface area contributed by atoms with Crippen molar-refractivity contribution in [3.8, 4) is 5.75 Å². The molecule has 0 saturated carbocycles. The molecule has 0 aromatic heterocycles. The molecule has 0 aliphatic rings. The van der Waals surface area contributed by atoms with E-state index in [0.29, 0.717) is 19.8 Å². The third kappa shape index (κ3) is 5.57. The van der Waals surface area contributed by atoms with E-state index in [2.05, 4.69) is 5.32 Å². The van der Waals surface area contributed by atoms with Crippen molar-refractivity contribution in [2.24, 2.45) is 0 Å². The molecule has 1 rings (SSSR count). The Bertz CT molecular complexity index is 359. The Balaban J connectivity index is 2.40. The molecule has 0 heterocycles. The molecule has 1 aromatic carbocycles. The predicted molar refractivity (Wildman–Crippen MR) is 73.3 cm³/mol. The highest BCUT2D eigenvalue weighted by molar-refractivity contribution is 5.30. The lowest BCUT2D eigenvalue weighted by Gasteiger charge is -2.21. The first-order chi connectivity index (χ1) is 9.19. The van der Waals surface area contributed by atoms with Gasteiger partial charge in [0.2, 0.25) is 0 Å². The Hall–Kier alpha value is -1.14. The molecule has 3 N–H and O–H groups in total. The zero-order chi connectivity index (χ0) is 14.1. The van der Waals surface area contributed by atoms with Crippen LogP contribution in [0.1, 0.15) is 18.6 Å². The van der Waals surface area contributed by atoms with E-state index in [1.54, 1.807) is 7.11 Å². The Kier molecular flexibility index (Phi) is 7.43. The van der Waals surface area contributed by atoms with Gasteiger partial charge >= 0.3 is 0 Å². The molecule has 19 heavy (non-hydrogen) atoms. The highest BCUT2D eigenvalue weighted by Gasteiger charge is 2.16. The van der Waals surface area contributed by atoms with Crippen LogP contribution in [0.5, 0.6) is 5.75 Å². The summed E-state index contributed by atoms with van der Waals surface area (Å²) in [5.74, 6) is 0.732. The van der Waals surface area contributed by atoms with Crippen molar-refractivity contribution in [3.63, 3.8) is 0 Å². The number of hydrogen-bond acceptors (Lipinski definition) is 5. The van der Waals surface area contributed by atoms with Crippen LogP contribution in [0.2, 0.25) is 0 Å². The first kappa shape index (κ1) is 15.9. The second kappa shape index (κ2) is 8.87. The number of nitrogens with one attached hydrogen (secondary N) is 1. The van der Waals surface area contributed by atoms with E-state index in [1.165, 1.54) is 0 Å². The molecule has 0 saturated heterocycles. The molecule has 0 bridgehead atoms. The molecular formula is C14H23NO4. The van der Waals surface area contributed by atoms with Crippen LogP contribution in [-0.4, -0.2) is 49.7 Å². The highest BCUT2D eigenvalue weighted by atomic mass is 16.5. The van der Waals surface area contributed by atoms with E-state index >= 15 is 0 Å². The molecule has 0 radical (unpaired) electrons. The average molecular weight is 269 g/mol. The number of methoxy groups -OCH3 is 1. The predicted octanol–water partition coefficient (Wildman–Crippen LogP) is 0.716. The maximum absolute atomic E-state index is 10.2. The third-order valence-electron chi connectivity index (χ3n) is 2.86. The minimum atomic E-state index is -0.604. The molecule has 5 nitrogen and oxygen atoms in total. The summed E-state index contributed by atoms with van der Waals surface area (Å²) in [5, 5.41) is 22.0. The van der Waals surface area contributed by atoms with Gasteiger partial charge in [0.25, 0.3) is 0 Å². The fourth-order valence-corrected chi connectivity index (χ4v) is 1.75. The molecule has 2 unspecified atom stereocenters. The number of aliphatic hydroxyl groups excluding tert-OH is 2. The van der Waals surface area contributed by atoms with Crippen LogP contribution in [0.25, 0.3) is 0 Å². The molecule has 108 valence electrons. The van der Waals surface area contributed by atoms with E-state index in [-0.39, 0.29) is 12.6 Å². The van der Waals surface area contributed by atoms with Gasteiger partial charge in [-0.1, -0.05) is 12.1 Å². The zero-order valence-electron chi connectivity index (χ0n) is 11.5. The first-order valence-corrected chi connectivity index (χ1v) is 6.43. The van der Waals surface area contributed by atoms with Gasteiger partial charge in [0, 0.05) is 12.6 Å². The van der Waals surface area contributed by atoms with Crippen LogP contribution in [0.3, 0.4) is 0 Å². The molecule has 0 aliphatic carbocycles. The number of rotatable bonds is 9. The van der Waals surface area contributed by atoms with Gasteiger partial charge in [0.1, 0.15) is 5.75 Å². The Morgan fingerprint density at radius 1 is 1.32 bits per heavy atom. The van der Waals surface area contributed by atoms with Gasteiger partial charge < -0.3 is 25.0 Å². The van der Waals surface area contributed by atoms with Gasteiger partial charge in [0.05, 0.1) is 33.0 Å². The van der Waals surface area contributed by atoms with Gasteiger partial charge in [-0.2, -0.15) is 0 Å². The van der Waals surface area contributed by atoms with Gasteiger partial charge in [-0.25, -0.2) is 0 Å². The maximum Gasteiger partial charge on any atom is 0.119 e. The Morgan fingerprint density at radius 2 is 2.11 bits per heavy atom. The fourth-order valence-electron chi connectivity index (χ4n) is 1.75. The van der Waals surface area contributed by atoms with Crippen LogP contribution < -0.4 is 10.1 Å². The summed E-state index contributed by atoms with van der Waals surface area (Å²) in [7, 11) is 1.60. The summed E-state index contributed by atoms with van der Waals surface area (Å²) in [6.45, 7) is 3.42. The first-order valence-electron chi connectivity index (χ1n) is 6.43. The Morgan fingerprint density at radius 3 is 2.79 bits per heavy atom. The third-order valence-corrected chi connectivity index (χ3v) is 2.86. The molecular weight excluding hydrogens is 246 g/mol. The van der Waals surface area contributed by atoms with Crippen LogP contribution in [0, 0.1) is 0 Å². The molecule has 0 fully saturated rings. The zero-order valence-corrected chi connectivity index (χ0v) is 11.5. The SMILES string of the molecule is COc1cccc(C(O)C(C)NCCOCCO)c1. The number of ether oxygens (including phenoxy) is 2. The Labute approximate surface area is 114 Å². The van der Waals surface area contributed by atoms with Gasteiger partial charge in [0.15, 0.2) is 0 Å². The summed E-state index contributed by atoms with van der Waals surface area (Å²) < 4.78 is 10.3. The fraction of sp³-hybridized carbons (Fsp3) is 0.571. The number of benzene rings is 1. The minimum Gasteiger partial charge on any atom is -0.497 e. The van der Waals surface area contributed by atoms with Crippen LogP contribution in [0.15, 0.2) is 24.3 Å². The van der Waals surface area contributed by atoms with Crippen LogP contribution in [-0.2, 0) is 4.74 Å². The van der Waals surface area contributed by atoms with E-state index in [0.717, 1.165) is 11.3 Å². The van der Waals surface area contributed by atoms with E-state index < -0.39 is 6.10 Å². The molecule has 5 heteroatoms. The van der Waals surface area contributed by atoms with Crippen molar-refractivity contribution >= 4 is 0 Å². The minimum absolute atomic E-state index is 0.0298. The molecule has 0 spiro atoms. The summed E-state index contributed by atoms with van der Waals surface area (Å²) in [6.07, 6.45) is -0.604. The largest absolute Gasteiger partial charge is 0.497 e. The van der Waals surface area contributed by atoms with Gasteiger partial charge in [-0.15, -0.1) is 0 Å². The molecule has 1 aromatic rings. The van der Waals surface area contributed by atoms with Crippen LogP contribution >= 0.6 is 0 Å². The monoisotopic (exact) mass is 269 g/mol. The maximum atomic E-state index is 10.2. The lowest BCUT2D eigenvalue weighted by atomic mass is 10.0. The summed E-state index contributed by atoms with van der Waals surface area (Å²) in [5.41, 5.74) is 0.815. The summed E-state index contributed by atoms with van der Waals surface area (Å²) in [6, 6.07) is 7.30. The van der Waals surface area contributed by atoms with Gasteiger partial charge in [-0.05, 0) is 24.6 Å². The highest BCUT2D eigenvalue weighted by Crippen LogP contribution is 2.21. The lowest BCUT2D eigenvalue weighted by molar-refractivity contribution is 0.0849. The van der Waals surface area contributed by atoms with Crippen molar-refractivity contribution in [2.75, 3.05) is 33.5 Å². The van der Waals surface area contributed by atoms with Crippen molar-refractivity contribution in [3.05, 3.63) is 29.8 Å². The summed E-state index contributed by atoms with van der Waals surface area (Å²) in [4.78, 5) is 0. The summed E-state index contributed by atoms with van der Waals surface area (Å²) >= 11 is 0. The van der Waals surface area contributed by atoms with Gasteiger partial charge in [-0.3, -0.25) is 0 Å². The second-order valence-corrected chi connectivity index (χ2v) is 4.30. The quantitative estimate of drug-likeness (QED) is 0.576. The van der Waals surface area contributed by atoms with Crippen LogP contribution in [0.4, 0.5) is 0 Å². The second-order valence-electron chi connectivity index (χ2n) is 4.30. The molecule has 0 amide bonds. The standard InChI is InChI=1S/C14H23NO4/c1-11(15-6-8-19-9-7-16)14(17)12-4-3-5-13(10-12)18-2/h3-5,10-11,14-17H,6-9H2,1-2H3. The van der Waals surface area contributed by atoms with Crippen molar-refractivity contribution in [1.29, 1.82) is 0 Å². The van der Waals surface area contributed by atoms with E-state index in [4.69, 9.17) is 14.6 Å². The number of hydrogen-bond donors (Lipinski definition) is 3. The molecule has 0 aliphatic heterocycles. The van der Waals surface area contributed by atoms with E-state index in [9.17, 15) is 5.11 Å². The number of aliphatic hydroxyl groups is 2. The lowest BCUT2D eigenvalue weighted by Crippen LogP contribution is -2.34. The average Bonchev–Trinajstić information content (AvgIpc) is 2.46. The van der Waals surface area contributed by atoms with E-state index in [1.807, 2.05) is 31.2 Å². The normalized spacial score (nSPS) is 14.1. The topological polar surface area (TPSA) is 71.0 Å². The van der Waals surface area contributed by atoms with Crippen molar-refractivity contribution in [1.82, 2.24) is 5.32 Å².